The van der Waals surface area contributed by atoms with Gasteiger partial charge in [0.2, 0.25) is 11.1 Å². The monoisotopic (exact) mass is 382 g/mol. The van der Waals surface area contributed by atoms with Crippen LogP contribution in [0, 0.1) is 0 Å². The number of benzene rings is 1. The number of rotatable bonds is 5. The zero-order chi connectivity index (χ0) is 18.8. The molecule has 4 rings (SSSR count). The molecule has 0 fully saturated rings. The summed E-state index contributed by atoms with van der Waals surface area (Å²) < 4.78 is 12.2. The van der Waals surface area contributed by atoms with E-state index >= 15 is 0 Å². The van der Waals surface area contributed by atoms with Gasteiger partial charge in [-0.3, -0.25) is 0 Å². The molecule has 3 heterocycles. The largest absolute Gasteiger partial charge is 0.467 e. The molecule has 8 heteroatoms. The molecule has 1 unspecified atom stereocenters. The van der Waals surface area contributed by atoms with Crippen LogP contribution in [0.4, 0.5) is 5.95 Å². The van der Waals surface area contributed by atoms with E-state index in [1.165, 1.54) is 24.4 Å². The van der Waals surface area contributed by atoms with Crippen LogP contribution < -0.4 is 5.32 Å². The van der Waals surface area contributed by atoms with E-state index in [4.69, 9.17) is 9.15 Å². The van der Waals surface area contributed by atoms with E-state index in [9.17, 15) is 4.79 Å². The molecule has 0 aliphatic carbocycles. The molecule has 2 aromatic heterocycles. The highest BCUT2D eigenvalue weighted by atomic mass is 32.2. The Bertz CT molecular complexity index is 980. The van der Waals surface area contributed by atoms with Gasteiger partial charge < -0.3 is 14.5 Å². The van der Waals surface area contributed by atoms with Crippen LogP contribution in [0.2, 0.25) is 0 Å². The number of methoxy groups -OCH3 is 1. The number of nitrogens with one attached hydrogen (secondary N) is 1. The average Bonchev–Trinajstić information content (AvgIpc) is 3.35. The van der Waals surface area contributed by atoms with Crippen molar-refractivity contribution in [1.29, 1.82) is 0 Å². The van der Waals surface area contributed by atoms with Crippen LogP contribution in [-0.2, 0) is 15.3 Å². The van der Waals surface area contributed by atoms with Crippen LogP contribution in [0.25, 0.3) is 0 Å². The molecular formula is C19H18N4O3S. The van der Waals surface area contributed by atoms with Crippen molar-refractivity contribution in [3.8, 4) is 0 Å². The van der Waals surface area contributed by atoms with Gasteiger partial charge in [-0.25, -0.2) is 9.48 Å². The van der Waals surface area contributed by atoms with Crippen molar-refractivity contribution in [3.63, 3.8) is 0 Å². The number of hydrogen-bond donors (Lipinski definition) is 1. The number of fused-ring (bicyclic) bond motifs is 1. The smallest absolute Gasteiger partial charge is 0.338 e. The molecule has 1 aliphatic heterocycles. The standard InChI is InChI=1S/C19H18N4O3S/c1-12-15(17(24)25-2)16(14-9-6-10-26-14)23-18(20-12)21-19(22-23)27-11-13-7-4-3-5-8-13/h3-10,16H,11H2,1-2H3,(H,20,21,22). The second kappa shape index (κ2) is 7.32. The lowest BCUT2D eigenvalue weighted by molar-refractivity contribution is -0.136. The molecule has 138 valence electrons. The summed E-state index contributed by atoms with van der Waals surface area (Å²) in [5.74, 6) is 1.49. The molecule has 0 saturated heterocycles. The molecule has 0 saturated carbocycles. The van der Waals surface area contributed by atoms with E-state index in [-0.39, 0.29) is 0 Å². The van der Waals surface area contributed by atoms with Crippen molar-refractivity contribution in [2.75, 3.05) is 12.4 Å². The van der Waals surface area contributed by atoms with Crippen molar-refractivity contribution < 1.29 is 13.9 Å². The van der Waals surface area contributed by atoms with E-state index in [0.29, 0.717) is 28.1 Å². The van der Waals surface area contributed by atoms with Gasteiger partial charge in [-0.1, -0.05) is 42.1 Å². The predicted octanol–water partition coefficient (Wildman–Crippen LogP) is 3.63. The lowest BCUT2D eigenvalue weighted by Crippen LogP contribution is -2.29. The Morgan fingerprint density at radius 3 is 2.81 bits per heavy atom. The fourth-order valence-electron chi connectivity index (χ4n) is 3.00. The molecule has 0 spiro atoms. The third kappa shape index (κ3) is 3.35. The molecular weight excluding hydrogens is 364 g/mol. The Labute approximate surface area is 160 Å². The highest BCUT2D eigenvalue weighted by Crippen LogP contribution is 2.37. The number of ether oxygens (including phenoxy) is 1. The van der Waals surface area contributed by atoms with Gasteiger partial charge in [-0.15, -0.1) is 5.10 Å². The zero-order valence-corrected chi connectivity index (χ0v) is 15.7. The van der Waals surface area contributed by atoms with Crippen molar-refractivity contribution in [2.45, 2.75) is 23.9 Å². The Morgan fingerprint density at radius 1 is 1.30 bits per heavy atom. The first-order valence-corrected chi connectivity index (χ1v) is 9.38. The topological polar surface area (TPSA) is 82.2 Å². The van der Waals surface area contributed by atoms with E-state index in [1.54, 1.807) is 17.0 Å². The summed E-state index contributed by atoms with van der Waals surface area (Å²) in [7, 11) is 1.36. The first-order chi connectivity index (χ1) is 13.2. The number of aromatic nitrogens is 3. The normalized spacial score (nSPS) is 16.0. The number of thioether (sulfide) groups is 1. The van der Waals surface area contributed by atoms with Crippen molar-refractivity contribution in [3.05, 3.63) is 71.3 Å². The van der Waals surface area contributed by atoms with Gasteiger partial charge in [-0.2, -0.15) is 4.98 Å². The molecule has 0 amide bonds. The number of carbonyl (C=O) groups excluding carboxylic acids is 1. The molecule has 1 aliphatic rings. The summed E-state index contributed by atoms with van der Waals surface area (Å²) in [6.45, 7) is 1.82. The van der Waals surface area contributed by atoms with Gasteiger partial charge >= 0.3 is 5.97 Å². The number of carbonyl (C=O) groups is 1. The predicted molar refractivity (Wildman–Crippen MR) is 101 cm³/mol. The minimum Gasteiger partial charge on any atom is -0.467 e. The molecule has 27 heavy (non-hydrogen) atoms. The average molecular weight is 382 g/mol. The first kappa shape index (κ1) is 17.4. The van der Waals surface area contributed by atoms with Gasteiger partial charge in [-0.05, 0) is 24.6 Å². The van der Waals surface area contributed by atoms with Crippen LogP contribution in [0.5, 0.6) is 0 Å². The minimum atomic E-state index is -0.526. The van der Waals surface area contributed by atoms with Crippen LogP contribution >= 0.6 is 11.8 Å². The molecule has 7 nitrogen and oxygen atoms in total. The van der Waals surface area contributed by atoms with Gasteiger partial charge in [0.25, 0.3) is 0 Å². The fourth-order valence-corrected chi connectivity index (χ4v) is 3.78. The lowest BCUT2D eigenvalue weighted by Gasteiger charge is -2.25. The lowest BCUT2D eigenvalue weighted by atomic mass is 10.0. The summed E-state index contributed by atoms with van der Waals surface area (Å²) in [6.07, 6.45) is 1.57. The maximum atomic E-state index is 12.4. The minimum absolute atomic E-state index is 0.430. The van der Waals surface area contributed by atoms with Gasteiger partial charge in [0.1, 0.15) is 11.8 Å². The van der Waals surface area contributed by atoms with E-state index in [2.05, 4.69) is 27.5 Å². The maximum Gasteiger partial charge on any atom is 0.338 e. The van der Waals surface area contributed by atoms with Crippen molar-refractivity contribution in [1.82, 2.24) is 14.8 Å². The van der Waals surface area contributed by atoms with E-state index in [0.717, 1.165) is 5.75 Å². The number of anilines is 1. The number of allylic oxidation sites excluding steroid dienone is 1. The number of esters is 1. The molecule has 1 atom stereocenters. The SMILES string of the molecule is COC(=O)C1=C(C)Nc2nc(SCc3ccccc3)nn2C1c1ccco1. The van der Waals surface area contributed by atoms with Crippen molar-refractivity contribution in [2.24, 2.45) is 0 Å². The molecule has 0 bridgehead atoms. The highest BCUT2D eigenvalue weighted by Gasteiger charge is 2.36. The summed E-state index contributed by atoms with van der Waals surface area (Å²) in [4.78, 5) is 17.0. The first-order valence-electron chi connectivity index (χ1n) is 8.40. The summed E-state index contributed by atoms with van der Waals surface area (Å²) in [5.41, 5.74) is 2.31. The van der Waals surface area contributed by atoms with Gasteiger partial charge in [0.15, 0.2) is 0 Å². The Morgan fingerprint density at radius 2 is 2.11 bits per heavy atom. The van der Waals surface area contributed by atoms with Crippen LogP contribution in [0.3, 0.4) is 0 Å². The third-order valence-corrected chi connectivity index (χ3v) is 5.17. The summed E-state index contributed by atoms with van der Waals surface area (Å²) in [5, 5.41) is 8.38. The van der Waals surface area contributed by atoms with Crippen LogP contribution in [0.15, 0.2) is 69.6 Å². The molecule has 1 aromatic carbocycles. The number of nitrogens with zero attached hydrogens (tertiary/aromatic N) is 3. The van der Waals surface area contributed by atoms with Crippen molar-refractivity contribution >= 4 is 23.7 Å². The zero-order valence-electron chi connectivity index (χ0n) is 14.9. The van der Waals surface area contributed by atoms with E-state index < -0.39 is 12.0 Å². The van der Waals surface area contributed by atoms with Crippen LogP contribution in [0.1, 0.15) is 24.3 Å². The molecule has 1 N–H and O–H groups in total. The summed E-state index contributed by atoms with van der Waals surface area (Å²) >= 11 is 1.53. The molecule has 0 radical (unpaired) electrons. The second-order valence-electron chi connectivity index (χ2n) is 6.01. The second-order valence-corrected chi connectivity index (χ2v) is 6.95. The third-order valence-electron chi connectivity index (χ3n) is 4.26. The number of hydrogen-bond acceptors (Lipinski definition) is 7. The van der Waals surface area contributed by atoms with E-state index in [1.807, 2.05) is 31.2 Å². The van der Waals surface area contributed by atoms with Crippen LogP contribution in [-0.4, -0.2) is 27.8 Å². The maximum absolute atomic E-state index is 12.4. The Kier molecular flexibility index (Phi) is 4.72. The fraction of sp³-hybridized carbons (Fsp3) is 0.211. The quantitative estimate of drug-likeness (QED) is 0.533. The number of furan rings is 1. The Balaban J connectivity index is 1.67. The summed E-state index contributed by atoms with van der Waals surface area (Å²) in [6, 6.07) is 13.2. The van der Waals surface area contributed by atoms with Gasteiger partial charge in [0, 0.05) is 11.4 Å². The highest BCUT2D eigenvalue weighted by molar-refractivity contribution is 7.98. The van der Waals surface area contributed by atoms with Gasteiger partial charge in [0.05, 0.1) is 18.9 Å². The Hall–Kier alpha value is -3.00. The molecule has 3 aromatic rings.